The number of nitrogens with one attached hydrogen (secondary N) is 1. The highest BCUT2D eigenvalue weighted by Crippen LogP contribution is 2.30. The highest BCUT2D eigenvalue weighted by Gasteiger charge is 2.45. The minimum Gasteiger partial charge on any atom is -0.385 e. The average Bonchev–Trinajstić information content (AvgIpc) is 2.62. The topological polar surface area (TPSA) is 41.5 Å². The number of hydrogen-bond donors (Lipinski definition) is 2. The molecule has 0 aromatic heterocycles. The smallest absolute Gasteiger partial charge is 0.111 e. The molecule has 0 aromatic rings. The van der Waals surface area contributed by atoms with Crippen molar-refractivity contribution in [3.8, 4) is 0 Å². The molecular formula is C9H15NO2. The summed E-state index contributed by atoms with van der Waals surface area (Å²) in [5.74, 6) is 0. The van der Waals surface area contributed by atoms with E-state index in [1.807, 2.05) is 19.1 Å². The van der Waals surface area contributed by atoms with E-state index in [4.69, 9.17) is 4.74 Å². The molecule has 3 nitrogen and oxygen atoms in total. The van der Waals surface area contributed by atoms with Crippen molar-refractivity contribution in [2.24, 2.45) is 0 Å². The van der Waals surface area contributed by atoms with Gasteiger partial charge in [0.1, 0.15) is 5.60 Å². The molecule has 0 saturated carbocycles. The minimum absolute atomic E-state index is 0.0576. The van der Waals surface area contributed by atoms with Gasteiger partial charge in [-0.15, -0.1) is 0 Å². The molecule has 0 spiro atoms. The van der Waals surface area contributed by atoms with E-state index in [0.717, 1.165) is 13.0 Å². The molecule has 2 heterocycles. The summed E-state index contributed by atoms with van der Waals surface area (Å²) in [5, 5.41) is 13.4. The molecule has 12 heavy (non-hydrogen) atoms. The van der Waals surface area contributed by atoms with E-state index >= 15 is 0 Å². The highest BCUT2D eigenvalue weighted by molar-refractivity contribution is 5.14. The van der Waals surface area contributed by atoms with Crippen LogP contribution in [0.2, 0.25) is 0 Å². The first-order valence-corrected chi connectivity index (χ1v) is 4.47. The van der Waals surface area contributed by atoms with Gasteiger partial charge in [-0.2, -0.15) is 0 Å². The van der Waals surface area contributed by atoms with E-state index in [0.29, 0.717) is 6.61 Å². The van der Waals surface area contributed by atoms with Crippen molar-refractivity contribution >= 4 is 0 Å². The lowest BCUT2D eigenvalue weighted by atomic mass is 9.88. The van der Waals surface area contributed by atoms with E-state index in [1.54, 1.807) is 0 Å². The zero-order valence-corrected chi connectivity index (χ0v) is 7.29. The summed E-state index contributed by atoms with van der Waals surface area (Å²) >= 11 is 0. The van der Waals surface area contributed by atoms with Gasteiger partial charge in [0.05, 0.1) is 12.1 Å². The summed E-state index contributed by atoms with van der Waals surface area (Å²) in [4.78, 5) is 0. The predicted octanol–water partition coefficient (Wildman–Crippen LogP) is 0.0543. The summed E-state index contributed by atoms with van der Waals surface area (Å²) in [6, 6.07) is 0.0787. The van der Waals surface area contributed by atoms with E-state index in [2.05, 4.69) is 5.32 Å². The molecular weight excluding hydrogens is 154 g/mol. The summed E-state index contributed by atoms with van der Waals surface area (Å²) in [6.45, 7) is 3.46. The molecule has 0 radical (unpaired) electrons. The third kappa shape index (κ3) is 1.09. The zero-order valence-electron chi connectivity index (χ0n) is 7.29. The Morgan fingerprint density at radius 1 is 1.67 bits per heavy atom. The van der Waals surface area contributed by atoms with Crippen LogP contribution in [0, 0.1) is 0 Å². The molecule has 2 aliphatic rings. The molecule has 2 aliphatic heterocycles. The van der Waals surface area contributed by atoms with Crippen LogP contribution in [-0.2, 0) is 4.74 Å². The van der Waals surface area contributed by atoms with Crippen LogP contribution in [0.5, 0.6) is 0 Å². The van der Waals surface area contributed by atoms with Crippen molar-refractivity contribution < 1.29 is 9.84 Å². The van der Waals surface area contributed by atoms with Gasteiger partial charge in [0.25, 0.3) is 0 Å². The Balaban J connectivity index is 2.13. The Bertz CT molecular complexity index is 205. The summed E-state index contributed by atoms with van der Waals surface area (Å²) in [7, 11) is 0. The van der Waals surface area contributed by atoms with Gasteiger partial charge in [-0.25, -0.2) is 0 Å². The third-order valence-corrected chi connectivity index (χ3v) is 2.90. The Kier molecular flexibility index (Phi) is 1.94. The maximum absolute atomic E-state index is 10.2. The molecule has 3 unspecified atom stereocenters. The van der Waals surface area contributed by atoms with Crippen LogP contribution in [0.4, 0.5) is 0 Å². The standard InChI is InChI=1S/C9H15NO2/c1-7-9(11,4-6-12-7)8-3-2-5-10-8/h2-3,7-8,10-11H,4-6H2,1H3. The fourth-order valence-corrected chi connectivity index (χ4v) is 1.97. The second-order valence-electron chi connectivity index (χ2n) is 3.57. The molecule has 68 valence electrons. The van der Waals surface area contributed by atoms with Crippen LogP contribution < -0.4 is 5.32 Å². The van der Waals surface area contributed by atoms with Gasteiger partial charge in [0.2, 0.25) is 0 Å². The molecule has 0 aromatic carbocycles. The van der Waals surface area contributed by atoms with Gasteiger partial charge in [-0.05, 0) is 6.92 Å². The monoisotopic (exact) mass is 169 g/mol. The van der Waals surface area contributed by atoms with Gasteiger partial charge < -0.3 is 15.2 Å². The van der Waals surface area contributed by atoms with Gasteiger partial charge in [-0.3, -0.25) is 0 Å². The largest absolute Gasteiger partial charge is 0.385 e. The number of rotatable bonds is 1. The lowest BCUT2D eigenvalue weighted by molar-refractivity contribution is -0.0406. The van der Waals surface area contributed by atoms with Crippen LogP contribution >= 0.6 is 0 Å². The molecule has 0 amide bonds. The normalized spacial score (nSPS) is 47.2. The molecule has 3 atom stereocenters. The third-order valence-electron chi connectivity index (χ3n) is 2.90. The van der Waals surface area contributed by atoms with Crippen LogP contribution in [-0.4, -0.2) is 36.0 Å². The maximum Gasteiger partial charge on any atom is 0.111 e. The van der Waals surface area contributed by atoms with Crippen molar-refractivity contribution in [1.82, 2.24) is 5.32 Å². The van der Waals surface area contributed by atoms with Crippen LogP contribution in [0.25, 0.3) is 0 Å². The van der Waals surface area contributed by atoms with E-state index in [-0.39, 0.29) is 12.1 Å². The van der Waals surface area contributed by atoms with Crippen LogP contribution in [0.1, 0.15) is 13.3 Å². The first kappa shape index (κ1) is 8.23. The van der Waals surface area contributed by atoms with E-state index < -0.39 is 5.60 Å². The quantitative estimate of drug-likeness (QED) is 0.545. The van der Waals surface area contributed by atoms with E-state index in [9.17, 15) is 5.11 Å². The second-order valence-corrected chi connectivity index (χ2v) is 3.57. The molecule has 1 saturated heterocycles. The molecule has 1 fully saturated rings. The van der Waals surface area contributed by atoms with Gasteiger partial charge in [0, 0.05) is 19.6 Å². The summed E-state index contributed by atoms with van der Waals surface area (Å²) in [6.07, 6.45) is 4.76. The maximum atomic E-state index is 10.2. The van der Waals surface area contributed by atoms with Crippen LogP contribution in [0.15, 0.2) is 12.2 Å². The highest BCUT2D eigenvalue weighted by atomic mass is 16.5. The van der Waals surface area contributed by atoms with Gasteiger partial charge in [-0.1, -0.05) is 12.2 Å². The van der Waals surface area contributed by atoms with Crippen molar-refractivity contribution in [2.75, 3.05) is 13.2 Å². The van der Waals surface area contributed by atoms with Gasteiger partial charge >= 0.3 is 0 Å². The lowest BCUT2D eigenvalue weighted by Crippen LogP contribution is -2.52. The predicted molar refractivity (Wildman–Crippen MR) is 45.9 cm³/mol. The minimum atomic E-state index is -0.687. The molecule has 3 heteroatoms. The molecule has 0 bridgehead atoms. The number of ether oxygens (including phenoxy) is 1. The first-order valence-electron chi connectivity index (χ1n) is 4.47. The molecule has 2 rings (SSSR count). The van der Waals surface area contributed by atoms with Crippen molar-refractivity contribution in [3.63, 3.8) is 0 Å². The molecule has 0 aliphatic carbocycles. The average molecular weight is 169 g/mol. The van der Waals surface area contributed by atoms with Crippen LogP contribution in [0.3, 0.4) is 0 Å². The fraction of sp³-hybridized carbons (Fsp3) is 0.778. The zero-order chi connectivity index (χ0) is 8.60. The Morgan fingerprint density at radius 2 is 2.50 bits per heavy atom. The van der Waals surface area contributed by atoms with E-state index in [1.165, 1.54) is 0 Å². The number of hydrogen-bond acceptors (Lipinski definition) is 3. The second kappa shape index (κ2) is 2.83. The summed E-state index contributed by atoms with van der Waals surface area (Å²) < 4.78 is 5.36. The van der Waals surface area contributed by atoms with Crippen molar-refractivity contribution in [3.05, 3.63) is 12.2 Å². The Labute approximate surface area is 72.4 Å². The fourth-order valence-electron chi connectivity index (χ4n) is 1.97. The summed E-state index contributed by atoms with van der Waals surface area (Å²) in [5.41, 5.74) is -0.687. The number of aliphatic hydroxyl groups is 1. The Hall–Kier alpha value is -0.380. The molecule has 2 N–H and O–H groups in total. The first-order chi connectivity index (χ1) is 5.73. The van der Waals surface area contributed by atoms with Crippen molar-refractivity contribution in [1.29, 1.82) is 0 Å². The SMILES string of the molecule is CC1OCCC1(O)C1C=CCN1. The lowest BCUT2D eigenvalue weighted by Gasteiger charge is -2.31. The Morgan fingerprint density at radius 3 is 3.00 bits per heavy atom. The van der Waals surface area contributed by atoms with Crippen molar-refractivity contribution in [2.45, 2.75) is 31.1 Å². The van der Waals surface area contributed by atoms with Gasteiger partial charge in [0.15, 0.2) is 0 Å².